The highest BCUT2D eigenvalue weighted by Crippen LogP contribution is 2.54. The molecule has 3 aliphatic heterocycles. The van der Waals surface area contributed by atoms with E-state index in [2.05, 4.69) is 75.2 Å². The van der Waals surface area contributed by atoms with Gasteiger partial charge in [0, 0.05) is 30.7 Å². The van der Waals surface area contributed by atoms with Crippen molar-refractivity contribution in [3.8, 4) is 22.4 Å². The van der Waals surface area contributed by atoms with Gasteiger partial charge in [0.15, 0.2) is 0 Å². The first-order valence-electron chi connectivity index (χ1n) is 22.1. The maximum atomic E-state index is 14.4. The first-order chi connectivity index (χ1) is 30.1. The predicted molar refractivity (Wildman–Crippen MR) is 230 cm³/mol. The number of hydrogen-bond donors (Lipinski definition) is 4. The Labute approximate surface area is 359 Å². The van der Waals surface area contributed by atoms with Crippen LogP contribution >= 0.6 is 0 Å². The number of piperidine rings is 2. The molecule has 2 aromatic heterocycles. The summed E-state index contributed by atoms with van der Waals surface area (Å²) in [7, 11) is 2.63. The smallest absolute Gasteiger partial charge is 0.407 e. The van der Waals surface area contributed by atoms with E-state index in [-0.39, 0.29) is 47.8 Å². The number of nitrogens with zero attached hydrogens (tertiary/aromatic N) is 4. The van der Waals surface area contributed by atoms with Gasteiger partial charge in [-0.25, -0.2) is 19.6 Å². The van der Waals surface area contributed by atoms with Gasteiger partial charge in [0.2, 0.25) is 11.8 Å². The molecule has 0 radical (unpaired) electrons. The molecule has 8 atom stereocenters. The lowest BCUT2D eigenvalue weighted by molar-refractivity contribution is -0.140. The van der Waals surface area contributed by atoms with Crippen LogP contribution in [0.2, 0.25) is 0 Å². The number of aromatic nitrogens is 4. The second-order valence-electron chi connectivity index (χ2n) is 18.2. The SMILES string of the molecule is COC(=O)N[C@H](C(=O)N1[C@@H]2C[C@@H]2C[C@H]1c1nc2c(ccc3cc(-c4ccc(-c5cnc([C@@H]6[C@H]7CCC(C7)N6C(=O)[C@@H](NC(=O)OC)C6CCOCC6)[nH]5)cc4)ccc32)[nH]1)C(C)C. The van der Waals surface area contributed by atoms with E-state index < -0.39 is 24.3 Å². The maximum absolute atomic E-state index is 14.4. The van der Waals surface area contributed by atoms with Crippen molar-refractivity contribution in [3.05, 3.63) is 72.4 Å². The van der Waals surface area contributed by atoms with Gasteiger partial charge < -0.3 is 44.6 Å². The van der Waals surface area contributed by atoms with Gasteiger partial charge in [0.1, 0.15) is 23.7 Å². The van der Waals surface area contributed by atoms with Crippen LogP contribution < -0.4 is 10.6 Å². The average Bonchev–Trinajstić information content (AvgIpc) is 3.92. The highest BCUT2D eigenvalue weighted by Gasteiger charge is 2.56. The van der Waals surface area contributed by atoms with Crippen LogP contribution in [0.5, 0.6) is 0 Å². The van der Waals surface area contributed by atoms with Gasteiger partial charge >= 0.3 is 12.2 Å². The lowest BCUT2D eigenvalue weighted by Gasteiger charge is -2.39. The number of hydrogen-bond acceptors (Lipinski definition) is 9. The fourth-order valence-electron chi connectivity index (χ4n) is 10.9. The fourth-order valence-corrected chi connectivity index (χ4v) is 10.9. The summed E-state index contributed by atoms with van der Waals surface area (Å²) >= 11 is 0. The summed E-state index contributed by atoms with van der Waals surface area (Å²) in [5.41, 5.74) is 5.80. The third-order valence-electron chi connectivity index (χ3n) is 14.3. The molecule has 5 aliphatic rings. The van der Waals surface area contributed by atoms with E-state index >= 15 is 0 Å². The van der Waals surface area contributed by atoms with Crippen molar-refractivity contribution >= 4 is 45.8 Å². The normalized spacial score (nSPS) is 25.2. The van der Waals surface area contributed by atoms with Crippen molar-refractivity contribution in [2.45, 2.75) is 95.0 Å². The molecule has 2 bridgehead atoms. The molecule has 10 rings (SSSR count). The van der Waals surface area contributed by atoms with Gasteiger partial charge in [-0.3, -0.25) is 9.59 Å². The van der Waals surface area contributed by atoms with Gasteiger partial charge in [0.25, 0.3) is 0 Å². The van der Waals surface area contributed by atoms with Crippen LogP contribution in [0.3, 0.4) is 0 Å². The number of alkyl carbamates (subject to hydrolysis) is 2. The number of carbonyl (C=O) groups excluding carboxylic acids is 4. The molecule has 324 valence electrons. The molecule has 62 heavy (non-hydrogen) atoms. The third-order valence-corrected chi connectivity index (χ3v) is 14.3. The Morgan fingerprint density at radius 2 is 1.52 bits per heavy atom. The van der Waals surface area contributed by atoms with E-state index in [9.17, 15) is 19.2 Å². The summed E-state index contributed by atoms with van der Waals surface area (Å²) in [6.45, 7) is 4.98. The third kappa shape index (κ3) is 7.13. The van der Waals surface area contributed by atoms with Gasteiger partial charge in [-0.1, -0.05) is 56.3 Å². The molecule has 5 aromatic rings. The van der Waals surface area contributed by atoms with Crippen LogP contribution in [-0.4, -0.2) is 105 Å². The van der Waals surface area contributed by atoms with E-state index in [1.165, 1.54) is 14.2 Å². The second-order valence-corrected chi connectivity index (χ2v) is 18.2. The minimum Gasteiger partial charge on any atom is -0.453 e. The molecule has 0 spiro atoms. The first kappa shape index (κ1) is 40.1. The quantitative estimate of drug-likeness (QED) is 0.115. The zero-order valence-electron chi connectivity index (χ0n) is 35.6. The molecule has 3 aromatic carbocycles. The number of nitrogens with one attached hydrogen (secondary N) is 4. The molecule has 2 saturated carbocycles. The Hall–Kier alpha value is -5.96. The van der Waals surface area contributed by atoms with E-state index in [1.807, 2.05) is 29.8 Å². The topological polar surface area (TPSA) is 184 Å². The number of ether oxygens (including phenoxy) is 3. The van der Waals surface area contributed by atoms with Gasteiger partial charge in [-0.2, -0.15) is 0 Å². The molecule has 15 heteroatoms. The van der Waals surface area contributed by atoms with Crippen LogP contribution in [0.4, 0.5) is 9.59 Å². The molecule has 5 heterocycles. The first-order valence-corrected chi connectivity index (χ1v) is 22.1. The van der Waals surface area contributed by atoms with Crippen LogP contribution in [0.1, 0.15) is 82.5 Å². The summed E-state index contributed by atoms with van der Waals surface area (Å²) in [5.74, 6) is 1.98. The molecule has 5 fully saturated rings. The summed E-state index contributed by atoms with van der Waals surface area (Å²) in [6.07, 6.45) is 6.76. The van der Waals surface area contributed by atoms with Gasteiger partial charge in [-0.15, -0.1) is 0 Å². The number of amides is 4. The van der Waals surface area contributed by atoms with Crippen molar-refractivity contribution in [1.29, 1.82) is 0 Å². The largest absolute Gasteiger partial charge is 0.453 e. The molecular weight excluding hydrogens is 789 g/mol. The number of H-pyrrole nitrogens is 2. The van der Waals surface area contributed by atoms with Crippen molar-refractivity contribution in [2.24, 2.45) is 23.7 Å². The second kappa shape index (κ2) is 16.1. The highest BCUT2D eigenvalue weighted by molar-refractivity contribution is 6.05. The molecule has 3 saturated heterocycles. The van der Waals surface area contributed by atoms with Crippen molar-refractivity contribution in [2.75, 3.05) is 27.4 Å². The predicted octanol–water partition coefficient (Wildman–Crippen LogP) is 7.02. The van der Waals surface area contributed by atoms with Crippen molar-refractivity contribution < 1.29 is 33.4 Å². The maximum Gasteiger partial charge on any atom is 0.407 e. The Kier molecular flexibility index (Phi) is 10.4. The number of methoxy groups -OCH3 is 2. The summed E-state index contributed by atoms with van der Waals surface area (Å²) in [5, 5.41) is 7.72. The van der Waals surface area contributed by atoms with Crippen LogP contribution in [-0.2, 0) is 23.8 Å². The number of rotatable bonds is 10. The van der Waals surface area contributed by atoms with E-state index in [0.29, 0.717) is 37.9 Å². The lowest BCUT2D eigenvalue weighted by Crippen LogP contribution is -2.55. The minimum atomic E-state index is -0.686. The van der Waals surface area contributed by atoms with Crippen molar-refractivity contribution in [3.63, 3.8) is 0 Å². The molecule has 4 N–H and O–H groups in total. The van der Waals surface area contributed by atoms with Crippen molar-refractivity contribution in [1.82, 2.24) is 40.4 Å². The Bertz CT molecular complexity index is 2530. The zero-order chi connectivity index (χ0) is 42.8. The Morgan fingerprint density at radius 3 is 2.27 bits per heavy atom. The Morgan fingerprint density at radius 1 is 0.774 bits per heavy atom. The monoisotopic (exact) mass is 842 g/mol. The Balaban J connectivity index is 0.865. The zero-order valence-corrected chi connectivity index (χ0v) is 35.6. The summed E-state index contributed by atoms with van der Waals surface area (Å²) in [6, 6.07) is 17.5. The van der Waals surface area contributed by atoms with Crippen LogP contribution in [0.25, 0.3) is 44.2 Å². The molecular formula is C47H54N8O7. The molecule has 2 aliphatic carbocycles. The summed E-state index contributed by atoms with van der Waals surface area (Å²) < 4.78 is 15.3. The van der Waals surface area contributed by atoms with Gasteiger partial charge in [0.05, 0.1) is 49.2 Å². The standard InChI is InChI=1S/C47H54N8O7/c1-24(2)38(52-46(58)60-3)44(56)55-36-21-31(36)22-37(55)42-49-34-14-11-29-19-28(10-13-33(29)40(34)51-42)25-5-7-26(8-6-25)35-23-48-43(50-35)41-30-9-12-32(20-30)54(41)45(57)39(53-47(59)61-4)27-15-17-62-18-16-27/h5-8,10-11,13-14,19,23-24,27,30-32,36-39,41H,9,12,15-18,20-22H2,1-4H3,(H,48,50)(H,49,51)(H,52,58)(H,53,59)/t30-,31+,32?,36+,37-,38-,39-,41-/m0/s1. The molecule has 15 nitrogen and oxygen atoms in total. The number of imidazole rings is 2. The average molecular weight is 843 g/mol. The van der Waals surface area contributed by atoms with E-state index in [0.717, 1.165) is 87.9 Å². The number of fused-ring (bicyclic) bond motifs is 6. The van der Waals surface area contributed by atoms with Crippen LogP contribution in [0, 0.1) is 23.7 Å². The van der Waals surface area contributed by atoms with E-state index in [1.54, 1.807) is 0 Å². The lowest BCUT2D eigenvalue weighted by atomic mass is 9.89. The van der Waals surface area contributed by atoms with Gasteiger partial charge in [-0.05, 0) is 103 Å². The van der Waals surface area contributed by atoms with Crippen LogP contribution in [0.15, 0.2) is 60.8 Å². The summed E-state index contributed by atoms with van der Waals surface area (Å²) in [4.78, 5) is 73.9. The molecule has 4 amide bonds. The minimum absolute atomic E-state index is 0.0255. The highest BCUT2D eigenvalue weighted by atomic mass is 16.5. The number of aromatic amines is 2. The number of benzene rings is 3. The molecule has 1 unspecified atom stereocenters. The number of likely N-dealkylation sites (tertiary alicyclic amines) is 2. The fraction of sp³-hybridized carbons (Fsp3) is 0.489. The number of carbonyl (C=O) groups is 4. The van der Waals surface area contributed by atoms with E-state index in [4.69, 9.17) is 24.2 Å².